The molecular formula is C24H34N4O4. The molecule has 1 N–H and O–H groups in total. The Morgan fingerprint density at radius 2 is 1.88 bits per heavy atom. The molecule has 0 aliphatic carbocycles. The van der Waals surface area contributed by atoms with Crippen LogP contribution in [0.15, 0.2) is 29.4 Å². The summed E-state index contributed by atoms with van der Waals surface area (Å²) in [7, 11) is 0. The van der Waals surface area contributed by atoms with Crippen LogP contribution in [0.2, 0.25) is 0 Å². The van der Waals surface area contributed by atoms with E-state index in [9.17, 15) is 4.79 Å². The Bertz CT molecular complexity index is 812. The average molecular weight is 443 g/mol. The number of hydrogen-bond donors (Lipinski definition) is 1. The summed E-state index contributed by atoms with van der Waals surface area (Å²) in [5.74, 6) is 0.902. The van der Waals surface area contributed by atoms with Gasteiger partial charge >= 0.3 is 5.97 Å². The van der Waals surface area contributed by atoms with E-state index in [4.69, 9.17) is 19.7 Å². The molecule has 1 unspecified atom stereocenters. The average Bonchev–Trinajstić information content (AvgIpc) is 3.29. The molecule has 0 bridgehead atoms. The number of rotatable bonds is 7. The predicted molar refractivity (Wildman–Crippen MR) is 122 cm³/mol. The number of amidine groups is 1. The number of nitrogens with one attached hydrogen (secondary N) is 1. The largest absolute Gasteiger partial charge is 0.466 e. The van der Waals surface area contributed by atoms with Gasteiger partial charge in [-0.15, -0.1) is 0 Å². The molecule has 8 nitrogen and oxygen atoms in total. The molecule has 3 heterocycles. The lowest BCUT2D eigenvalue weighted by atomic mass is 9.93. The van der Waals surface area contributed by atoms with Gasteiger partial charge < -0.3 is 19.2 Å². The van der Waals surface area contributed by atoms with Gasteiger partial charge in [-0.2, -0.15) is 0 Å². The van der Waals surface area contributed by atoms with Crippen molar-refractivity contribution < 1.29 is 19.1 Å². The van der Waals surface area contributed by atoms with E-state index in [0.29, 0.717) is 38.0 Å². The SMILES string of the molecule is CCOC(=O)CC1CCN(CC2CC(c3ccc(C(=N)N4CCOCC4)cc3)=NO2)CC1. The van der Waals surface area contributed by atoms with Crippen LogP contribution >= 0.6 is 0 Å². The van der Waals surface area contributed by atoms with E-state index in [2.05, 4.69) is 15.0 Å². The first-order valence-electron chi connectivity index (χ1n) is 11.7. The number of esters is 1. The van der Waals surface area contributed by atoms with Gasteiger partial charge in [0.25, 0.3) is 0 Å². The van der Waals surface area contributed by atoms with Crippen LogP contribution < -0.4 is 0 Å². The molecule has 174 valence electrons. The first-order chi connectivity index (χ1) is 15.6. The molecule has 32 heavy (non-hydrogen) atoms. The Balaban J connectivity index is 1.22. The molecule has 1 aromatic rings. The molecule has 0 aromatic heterocycles. The molecule has 8 heteroatoms. The van der Waals surface area contributed by atoms with Crippen LogP contribution in [0.3, 0.4) is 0 Å². The summed E-state index contributed by atoms with van der Waals surface area (Å²) in [6.45, 7) is 8.03. The highest BCUT2D eigenvalue weighted by Gasteiger charge is 2.28. The highest BCUT2D eigenvalue weighted by atomic mass is 16.6. The van der Waals surface area contributed by atoms with E-state index >= 15 is 0 Å². The van der Waals surface area contributed by atoms with E-state index in [1.807, 2.05) is 31.2 Å². The molecule has 0 saturated carbocycles. The number of morpholine rings is 1. The highest BCUT2D eigenvalue weighted by Crippen LogP contribution is 2.24. The first kappa shape index (κ1) is 22.7. The molecule has 2 saturated heterocycles. The first-order valence-corrected chi connectivity index (χ1v) is 11.7. The molecule has 0 amide bonds. The maximum absolute atomic E-state index is 11.7. The lowest BCUT2D eigenvalue weighted by molar-refractivity contribution is -0.144. The van der Waals surface area contributed by atoms with Crippen molar-refractivity contribution in [1.82, 2.24) is 9.80 Å². The quantitative estimate of drug-likeness (QED) is 0.397. The monoisotopic (exact) mass is 442 g/mol. The smallest absolute Gasteiger partial charge is 0.306 e. The van der Waals surface area contributed by atoms with E-state index in [-0.39, 0.29) is 12.1 Å². The van der Waals surface area contributed by atoms with Crippen LogP contribution in [0.1, 0.15) is 43.7 Å². The number of nitrogens with zero attached hydrogens (tertiary/aromatic N) is 3. The summed E-state index contributed by atoms with van der Waals surface area (Å²) in [4.78, 5) is 21.9. The fraction of sp³-hybridized carbons (Fsp3) is 0.625. The minimum Gasteiger partial charge on any atom is -0.466 e. The summed E-state index contributed by atoms with van der Waals surface area (Å²) in [6.07, 6.45) is 3.45. The maximum Gasteiger partial charge on any atom is 0.306 e. The Hall–Kier alpha value is -2.45. The van der Waals surface area contributed by atoms with Crippen molar-refractivity contribution >= 4 is 17.5 Å². The number of carbonyl (C=O) groups excluding carboxylic acids is 1. The van der Waals surface area contributed by atoms with Crippen molar-refractivity contribution in [2.75, 3.05) is 52.5 Å². The van der Waals surface area contributed by atoms with Crippen LogP contribution in [-0.4, -0.2) is 86.0 Å². The van der Waals surface area contributed by atoms with Gasteiger partial charge in [0, 0.05) is 38.0 Å². The summed E-state index contributed by atoms with van der Waals surface area (Å²) < 4.78 is 10.5. The van der Waals surface area contributed by atoms with Crippen molar-refractivity contribution in [3.05, 3.63) is 35.4 Å². The van der Waals surface area contributed by atoms with Gasteiger partial charge in [0.15, 0.2) is 0 Å². The molecule has 1 atom stereocenters. The molecule has 4 rings (SSSR count). The highest BCUT2D eigenvalue weighted by molar-refractivity contribution is 6.02. The van der Waals surface area contributed by atoms with Crippen molar-refractivity contribution in [3.63, 3.8) is 0 Å². The van der Waals surface area contributed by atoms with Gasteiger partial charge in [-0.25, -0.2) is 0 Å². The van der Waals surface area contributed by atoms with Crippen LogP contribution in [0, 0.1) is 11.3 Å². The van der Waals surface area contributed by atoms with Gasteiger partial charge in [0.05, 0.1) is 25.5 Å². The fourth-order valence-electron chi connectivity index (χ4n) is 4.60. The van der Waals surface area contributed by atoms with Crippen LogP contribution in [0.5, 0.6) is 0 Å². The number of hydrogen-bond acceptors (Lipinski definition) is 7. The van der Waals surface area contributed by atoms with E-state index in [1.165, 1.54) is 0 Å². The van der Waals surface area contributed by atoms with Crippen LogP contribution in [0.25, 0.3) is 0 Å². The van der Waals surface area contributed by atoms with Gasteiger partial charge in [-0.05, 0) is 44.3 Å². The van der Waals surface area contributed by atoms with Crippen molar-refractivity contribution in [2.45, 2.75) is 38.7 Å². The molecule has 0 radical (unpaired) electrons. The zero-order valence-electron chi connectivity index (χ0n) is 18.9. The van der Waals surface area contributed by atoms with E-state index in [0.717, 1.165) is 68.8 Å². The molecule has 3 aliphatic rings. The normalized spacial score (nSPS) is 22.3. The third kappa shape index (κ3) is 5.86. The van der Waals surface area contributed by atoms with Crippen molar-refractivity contribution in [1.29, 1.82) is 5.41 Å². The van der Waals surface area contributed by atoms with Crippen molar-refractivity contribution in [2.24, 2.45) is 11.1 Å². The number of ether oxygens (including phenoxy) is 2. The molecule has 1 aromatic carbocycles. The Morgan fingerprint density at radius 1 is 1.16 bits per heavy atom. The third-order valence-corrected chi connectivity index (χ3v) is 6.48. The fourth-order valence-corrected chi connectivity index (χ4v) is 4.60. The van der Waals surface area contributed by atoms with Crippen molar-refractivity contribution in [3.8, 4) is 0 Å². The summed E-state index contributed by atoms with van der Waals surface area (Å²) in [5.41, 5.74) is 2.94. The zero-order valence-corrected chi connectivity index (χ0v) is 18.9. The van der Waals surface area contributed by atoms with Gasteiger partial charge in [0.2, 0.25) is 0 Å². The second-order valence-electron chi connectivity index (χ2n) is 8.75. The number of likely N-dealkylation sites (tertiary alicyclic amines) is 1. The lowest BCUT2D eigenvalue weighted by Gasteiger charge is -2.32. The van der Waals surface area contributed by atoms with Crippen LogP contribution in [0.4, 0.5) is 0 Å². The minimum atomic E-state index is -0.0748. The predicted octanol–water partition coefficient (Wildman–Crippen LogP) is 2.50. The van der Waals surface area contributed by atoms with Crippen LogP contribution in [-0.2, 0) is 19.1 Å². The number of oxime groups is 1. The maximum atomic E-state index is 11.7. The standard InChI is InChI=1S/C24H34N4O4/c1-2-31-23(29)15-18-7-9-27(10-8-18)17-21-16-22(26-32-21)19-3-5-20(6-4-19)24(25)28-11-13-30-14-12-28/h3-6,18,21,25H,2,7-17H2,1H3. The molecule has 2 fully saturated rings. The Morgan fingerprint density at radius 3 is 2.56 bits per heavy atom. The lowest BCUT2D eigenvalue weighted by Crippen LogP contribution is -2.40. The Kier molecular flexibility index (Phi) is 7.76. The second kappa shape index (κ2) is 10.9. The number of piperidine rings is 1. The summed E-state index contributed by atoms with van der Waals surface area (Å²) in [5, 5.41) is 12.8. The molecular weight excluding hydrogens is 408 g/mol. The Labute approximate surface area is 190 Å². The second-order valence-corrected chi connectivity index (χ2v) is 8.75. The minimum absolute atomic E-state index is 0.0675. The topological polar surface area (TPSA) is 87.5 Å². The van der Waals surface area contributed by atoms with Gasteiger partial charge in [-0.3, -0.25) is 15.1 Å². The summed E-state index contributed by atoms with van der Waals surface area (Å²) in [6, 6.07) is 8.07. The molecule has 3 aliphatic heterocycles. The zero-order chi connectivity index (χ0) is 22.3. The van der Waals surface area contributed by atoms with Gasteiger partial charge in [0.1, 0.15) is 11.9 Å². The number of carbonyl (C=O) groups is 1. The number of benzene rings is 1. The van der Waals surface area contributed by atoms with E-state index < -0.39 is 0 Å². The van der Waals surface area contributed by atoms with Gasteiger partial charge in [-0.1, -0.05) is 29.4 Å². The third-order valence-electron chi connectivity index (χ3n) is 6.48. The van der Waals surface area contributed by atoms with E-state index in [1.54, 1.807) is 0 Å². The molecule has 0 spiro atoms. The summed E-state index contributed by atoms with van der Waals surface area (Å²) >= 11 is 0.